The van der Waals surface area contributed by atoms with Gasteiger partial charge in [-0.15, -0.1) is 0 Å². The van der Waals surface area contributed by atoms with Gasteiger partial charge in [-0.25, -0.2) is 0 Å². The van der Waals surface area contributed by atoms with E-state index in [0.29, 0.717) is 0 Å². The van der Waals surface area contributed by atoms with E-state index in [-0.39, 0.29) is 0 Å². The van der Waals surface area contributed by atoms with Crippen LogP contribution in [-0.2, 0) is 13.0 Å². The van der Waals surface area contributed by atoms with Gasteiger partial charge in [-0.05, 0) is 37.5 Å². The topological polar surface area (TPSA) is 28.7 Å². The number of benzene rings is 1. The highest BCUT2D eigenvalue weighted by atomic mass is 15.0. The monoisotopic (exact) mass is 238 g/mol. The summed E-state index contributed by atoms with van der Waals surface area (Å²) >= 11 is 0. The Morgan fingerprint density at radius 2 is 2.00 bits per heavy atom. The lowest BCUT2D eigenvalue weighted by molar-refractivity contribution is 0.761. The zero-order valence-corrected chi connectivity index (χ0v) is 11.2. The number of aryl methyl sites for hydroxylation is 3. The molecule has 0 amide bonds. The van der Waals surface area contributed by atoms with Gasteiger partial charge in [0, 0.05) is 12.2 Å². The molecule has 0 aliphatic rings. The molecule has 0 aliphatic heterocycles. The standard InChI is InChI=1S/C16H18N2/c1-4-15-9-13(3)18(16(15)10-17)11-14-7-5-6-12(2)8-14/h5-9H,4,11H2,1-3H3. The summed E-state index contributed by atoms with van der Waals surface area (Å²) in [6, 6.07) is 12.9. The average Bonchev–Trinajstić information content (AvgIpc) is 2.66. The van der Waals surface area contributed by atoms with Gasteiger partial charge >= 0.3 is 0 Å². The maximum Gasteiger partial charge on any atom is 0.123 e. The molecule has 0 bridgehead atoms. The van der Waals surface area contributed by atoms with Crippen LogP contribution in [0.1, 0.15) is 35.0 Å². The second kappa shape index (κ2) is 5.10. The summed E-state index contributed by atoms with van der Waals surface area (Å²) in [5.74, 6) is 0. The van der Waals surface area contributed by atoms with E-state index in [0.717, 1.165) is 29.9 Å². The van der Waals surface area contributed by atoms with E-state index in [9.17, 15) is 5.26 Å². The van der Waals surface area contributed by atoms with Crippen molar-refractivity contribution in [2.75, 3.05) is 0 Å². The van der Waals surface area contributed by atoms with Crippen molar-refractivity contribution in [1.29, 1.82) is 5.26 Å². The van der Waals surface area contributed by atoms with Crippen LogP contribution < -0.4 is 0 Å². The molecule has 0 spiro atoms. The molecule has 0 fully saturated rings. The van der Waals surface area contributed by atoms with Crippen LogP contribution >= 0.6 is 0 Å². The van der Waals surface area contributed by atoms with Crippen molar-refractivity contribution in [2.24, 2.45) is 0 Å². The lowest BCUT2D eigenvalue weighted by atomic mass is 10.1. The van der Waals surface area contributed by atoms with Gasteiger partial charge in [-0.1, -0.05) is 36.8 Å². The molecule has 1 aromatic carbocycles. The zero-order valence-electron chi connectivity index (χ0n) is 11.2. The Morgan fingerprint density at radius 3 is 2.61 bits per heavy atom. The molecule has 2 heteroatoms. The molecule has 0 aliphatic carbocycles. The highest BCUT2D eigenvalue weighted by Crippen LogP contribution is 2.18. The first kappa shape index (κ1) is 12.4. The van der Waals surface area contributed by atoms with Gasteiger partial charge in [-0.2, -0.15) is 5.26 Å². The van der Waals surface area contributed by atoms with Crippen LogP contribution in [0, 0.1) is 25.2 Å². The first-order valence-electron chi connectivity index (χ1n) is 6.30. The second-order valence-electron chi connectivity index (χ2n) is 4.70. The average molecular weight is 238 g/mol. The molecule has 2 nitrogen and oxygen atoms in total. The van der Waals surface area contributed by atoms with Gasteiger partial charge < -0.3 is 4.57 Å². The van der Waals surface area contributed by atoms with Crippen LogP contribution in [0.15, 0.2) is 30.3 Å². The Balaban J connectivity index is 2.40. The summed E-state index contributed by atoms with van der Waals surface area (Å²) in [4.78, 5) is 0. The molecule has 2 aromatic rings. The molecule has 92 valence electrons. The van der Waals surface area contributed by atoms with E-state index >= 15 is 0 Å². The van der Waals surface area contributed by atoms with Crippen LogP contribution in [0.5, 0.6) is 0 Å². The van der Waals surface area contributed by atoms with E-state index in [1.54, 1.807) is 0 Å². The molecule has 2 rings (SSSR count). The van der Waals surface area contributed by atoms with Crippen molar-refractivity contribution in [3.8, 4) is 6.07 Å². The summed E-state index contributed by atoms with van der Waals surface area (Å²) in [6.07, 6.45) is 0.907. The van der Waals surface area contributed by atoms with E-state index < -0.39 is 0 Å². The van der Waals surface area contributed by atoms with Gasteiger partial charge in [-0.3, -0.25) is 0 Å². The van der Waals surface area contributed by atoms with Gasteiger partial charge in [0.05, 0.1) is 0 Å². The largest absolute Gasteiger partial charge is 0.332 e. The highest BCUT2D eigenvalue weighted by Gasteiger charge is 2.11. The summed E-state index contributed by atoms with van der Waals surface area (Å²) in [6.45, 7) is 7.02. The molecular weight excluding hydrogens is 220 g/mol. The zero-order chi connectivity index (χ0) is 13.1. The fourth-order valence-corrected chi connectivity index (χ4v) is 2.35. The van der Waals surface area contributed by atoms with Crippen molar-refractivity contribution < 1.29 is 0 Å². The minimum Gasteiger partial charge on any atom is -0.332 e. The van der Waals surface area contributed by atoms with Crippen molar-refractivity contribution in [3.05, 3.63) is 58.4 Å². The van der Waals surface area contributed by atoms with Crippen LogP contribution in [0.3, 0.4) is 0 Å². The Bertz CT molecular complexity index is 600. The molecule has 1 heterocycles. The maximum absolute atomic E-state index is 9.31. The third-order valence-corrected chi connectivity index (χ3v) is 3.29. The summed E-state index contributed by atoms with van der Waals surface area (Å²) in [5, 5.41) is 9.31. The van der Waals surface area contributed by atoms with Crippen molar-refractivity contribution in [2.45, 2.75) is 33.7 Å². The number of rotatable bonds is 3. The van der Waals surface area contributed by atoms with Crippen molar-refractivity contribution in [1.82, 2.24) is 4.57 Å². The van der Waals surface area contributed by atoms with Crippen LogP contribution in [0.25, 0.3) is 0 Å². The Kier molecular flexibility index (Phi) is 3.53. The first-order chi connectivity index (χ1) is 8.65. The van der Waals surface area contributed by atoms with Gasteiger partial charge in [0.25, 0.3) is 0 Å². The number of nitrogens with zero attached hydrogens (tertiary/aromatic N) is 2. The van der Waals surface area contributed by atoms with E-state index in [1.807, 2.05) is 0 Å². The predicted octanol–water partition coefficient (Wildman–Crippen LogP) is 3.59. The fraction of sp³-hybridized carbons (Fsp3) is 0.312. The lowest BCUT2D eigenvalue weighted by Crippen LogP contribution is -2.05. The van der Waals surface area contributed by atoms with E-state index in [4.69, 9.17) is 0 Å². The molecule has 0 N–H and O–H groups in total. The molecule has 1 aromatic heterocycles. The number of hydrogen-bond donors (Lipinski definition) is 0. The molecule has 0 radical (unpaired) electrons. The van der Waals surface area contributed by atoms with Crippen LogP contribution in [0.2, 0.25) is 0 Å². The SMILES string of the molecule is CCc1cc(C)n(Cc2cccc(C)c2)c1C#N. The molecule has 0 unspecified atom stereocenters. The van der Waals surface area contributed by atoms with Gasteiger partial charge in [0.2, 0.25) is 0 Å². The van der Waals surface area contributed by atoms with E-state index in [2.05, 4.69) is 61.7 Å². The van der Waals surface area contributed by atoms with Crippen molar-refractivity contribution >= 4 is 0 Å². The first-order valence-corrected chi connectivity index (χ1v) is 6.30. The number of hydrogen-bond acceptors (Lipinski definition) is 1. The quantitative estimate of drug-likeness (QED) is 0.803. The van der Waals surface area contributed by atoms with Crippen molar-refractivity contribution in [3.63, 3.8) is 0 Å². The molecule has 0 saturated heterocycles. The third-order valence-electron chi connectivity index (χ3n) is 3.29. The predicted molar refractivity (Wildman–Crippen MR) is 73.5 cm³/mol. The smallest absolute Gasteiger partial charge is 0.123 e. The molecule has 0 saturated carbocycles. The number of aromatic nitrogens is 1. The molecular formula is C16H18N2. The normalized spacial score (nSPS) is 10.3. The fourth-order valence-electron chi connectivity index (χ4n) is 2.35. The second-order valence-corrected chi connectivity index (χ2v) is 4.70. The lowest BCUT2D eigenvalue weighted by Gasteiger charge is -2.09. The minimum atomic E-state index is 0.774. The molecule has 0 atom stereocenters. The Morgan fingerprint density at radius 1 is 1.22 bits per heavy atom. The van der Waals surface area contributed by atoms with Gasteiger partial charge in [0.15, 0.2) is 0 Å². The summed E-state index contributed by atoms with van der Waals surface area (Å²) in [7, 11) is 0. The van der Waals surface area contributed by atoms with Crippen LogP contribution in [-0.4, -0.2) is 4.57 Å². The highest BCUT2D eigenvalue weighted by molar-refractivity contribution is 5.38. The Labute approximate surface area is 108 Å². The number of nitriles is 1. The van der Waals surface area contributed by atoms with E-state index in [1.165, 1.54) is 11.1 Å². The summed E-state index contributed by atoms with van der Waals surface area (Å²) < 4.78 is 2.10. The third kappa shape index (κ3) is 2.31. The van der Waals surface area contributed by atoms with Crippen LogP contribution in [0.4, 0.5) is 0 Å². The van der Waals surface area contributed by atoms with Gasteiger partial charge in [0.1, 0.15) is 11.8 Å². The molecule has 18 heavy (non-hydrogen) atoms. The minimum absolute atomic E-state index is 0.774. The summed E-state index contributed by atoms with van der Waals surface area (Å²) in [5.41, 5.74) is 5.60. The Hall–Kier alpha value is -2.01. The maximum atomic E-state index is 9.31.